The number of nitrogens with two attached hydrogens (primary N) is 1. The molecular formula is C18H18N6OS. The number of nitrogens with one attached hydrogen (secondary N) is 1. The van der Waals surface area contributed by atoms with Crippen LogP contribution in [0.25, 0.3) is 0 Å². The Kier molecular flexibility index (Phi) is 4.49. The highest BCUT2D eigenvalue weighted by Gasteiger charge is 2.31. The van der Waals surface area contributed by atoms with Gasteiger partial charge in [-0.1, -0.05) is 6.07 Å². The van der Waals surface area contributed by atoms with Crippen molar-refractivity contribution in [2.75, 3.05) is 17.6 Å². The second-order valence-electron chi connectivity index (χ2n) is 6.04. The van der Waals surface area contributed by atoms with Crippen LogP contribution in [-0.4, -0.2) is 32.3 Å². The van der Waals surface area contributed by atoms with Gasteiger partial charge >= 0.3 is 0 Å². The molecule has 0 aliphatic carbocycles. The van der Waals surface area contributed by atoms with E-state index in [2.05, 4.69) is 15.3 Å². The molecule has 0 aromatic carbocycles. The summed E-state index contributed by atoms with van der Waals surface area (Å²) in [5.74, 6) is 1.09. The first-order chi connectivity index (χ1) is 12.7. The van der Waals surface area contributed by atoms with Gasteiger partial charge in [0.25, 0.3) is 5.91 Å². The van der Waals surface area contributed by atoms with Crippen LogP contribution < -0.4 is 11.1 Å². The SMILES string of the molecule is Nc1ccc(C(=O)N2CCCC2c2cccc(Nc3nccs3)n2)cn1. The normalized spacial score (nSPS) is 16.6. The molecule has 4 rings (SSSR count). The molecule has 1 saturated heterocycles. The van der Waals surface area contributed by atoms with Gasteiger partial charge < -0.3 is 16.0 Å². The van der Waals surface area contributed by atoms with Crippen molar-refractivity contribution in [2.24, 2.45) is 0 Å². The van der Waals surface area contributed by atoms with Crippen LogP contribution in [0.5, 0.6) is 0 Å². The Morgan fingerprint density at radius 2 is 2.19 bits per heavy atom. The van der Waals surface area contributed by atoms with E-state index in [1.165, 1.54) is 17.5 Å². The van der Waals surface area contributed by atoms with Gasteiger partial charge in [-0.3, -0.25) is 4.79 Å². The predicted octanol–water partition coefficient (Wildman–Crippen LogP) is 3.24. The number of pyridine rings is 2. The first-order valence-electron chi connectivity index (χ1n) is 8.37. The third-order valence-corrected chi connectivity index (χ3v) is 5.01. The van der Waals surface area contributed by atoms with Crippen molar-refractivity contribution in [3.05, 3.63) is 59.4 Å². The molecule has 3 aromatic rings. The van der Waals surface area contributed by atoms with Crippen molar-refractivity contribution >= 4 is 34.0 Å². The average Bonchev–Trinajstić information content (AvgIpc) is 3.34. The van der Waals surface area contributed by atoms with Crippen molar-refractivity contribution in [1.29, 1.82) is 0 Å². The molecule has 26 heavy (non-hydrogen) atoms. The van der Waals surface area contributed by atoms with Gasteiger partial charge in [-0.15, -0.1) is 11.3 Å². The molecule has 0 bridgehead atoms. The summed E-state index contributed by atoms with van der Waals surface area (Å²) in [6.07, 6.45) is 5.11. The number of hydrogen-bond donors (Lipinski definition) is 2. The maximum atomic E-state index is 12.9. The van der Waals surface area contributed by atoms with E-state index in [0.29, 0.717) is 17.9 Å². The number of anilines is 3. The van der Waals surface area contributed by atoms with Gasteiger partial charge in [-0.25, -0.2) is 15.0 Å². The minimum Gasteiger partial charge on any atom is -0.384 e. The molecule has 1 fully saturated rings. The Morgan fingerprint density at radius 1 is 1.27 bits per heavy atom. The molecule has 1 amide bonds. The van der Waals surface area contributed by atoms with Crippen molar-refractivity contribution in [3.8, 4) is 0 Å². The van der Waals surface area contributed by atoms with Gasteiger partial charge in [0.05, 0.1) is 17.3 Å². The maximum absolute atomic E-state index is 12.9. The number of likely N-dealkylation sites (tertiary alicyclic amines) is 1. The van der Waals surface area contributed by atoms with Gasteiger partial charge in [-0.2, -0.15) is 0 Å². The van der Waals surface area contributed by atoms with E-state index in [9.17, 15) is 4.79 Å². The van der Waals surface area contributed by atoms with E-state index in [4.69, 9.17) is 10.7 Å². The number of carbonyl (C=O) groups is 1. The number of aromatic nitrogens is 3. The molecule has 8 heteroatoms. The summed E-state index contributed by atoms with van der Waals surface area (Å²) < 4.78 is 0. The van der Waals surface area contributed by atoms with Gasteiger partial charge in [-0.05, 0) is 37.1 Å². The van der Waals surface area contributed by atoms with Crippen LogP contribution in [0.15, 0.2) is 48.1 Å². The maximum Gasteiger partial charge on any atom is 0.255 e. The molecule has 0 radical (unpaired) electrons. The van der Waals surface area contributed by atoms with Crippen LogP contribution in [0.2, 0.25) is 0 Å². The van der Waals surface area contributed by atoms with Crippen molar-refractivity contribution in [2.45, 2.75) is 18.9 Å². The Morgan fingerprint density at radius 3 is 2.96 bits per heavy atom. The topological polar surface area (TPSA) is 97.0 Å². The quantitative estimate of drug-likeness (QED) is 0.736. The number of hydrogen-bond acceptors (Lipinski definition) is 7. The number of thiazole rings is 1. The zero-order valence-electron chi connectivity index (χ0n) is 14.0. The standard InChI is InChI=1S/C18H18N6OS/c19-15-7-6-12(11-21-15)17(25)24-9-2-4-14(24)13-3-1-5-16(22-13)23-18-20-8-10-26-18/h1,3,5-8,10-11,14H,2,4,9H2,(H2,19,21)(H,20,22,23). The Balaban J connectivity index is 1.56. The fraction of sp³-hybridized carbons (Fsp3) is 0.222. The Bertz CT molecular complexity index is 896. The lowest BCUT2D eigenvalue weighted by Crippen LogP contribution is -2.31. The summed E-state index contributed by atoms with van der Waals surface area (Å²) in [6.45, 7) is 0.708. The molecule has 7 nitrogen and oxygen atoms in total. The van der Waals surface area contributed by atoms with Gasteiger partial charge in [0.15, 0.2) is 5.13 Å². The van der Waals surface area contributed by atoms with E-state index < -0.39 is 0 Å². The number of nitrogen functional groups attached to an aromatic ring is 1. The number of amides is 1. The third kappa shape index (κ3) is 3.36. The highest BCUT2D eigenvalue weighted by molar-refractivity contribution is 7.13. The van der Waals surface area contributed by atoms with Crippen LogP contribution in [0.1, 0.15) is 34.9 Å². The third-order valence-electron chi connectivity index (χ3n) is 4.33. The second-order valence-corrected chi connectivity index (χ2v) is 6.93. The van der Waals surface area contributed by atoms with Crippen LogP contribution in [-0.2, 0) is 0 Å². The molecular weight excluding hydrogens is 348 g/mol. The van der Waals surface area contributed by atoms with Crippen molar-refractivity contribution < 1.29 is 4.79 Å². The largest absolute Gasteiger partial charge is 0.384 e. The van der Waals surface area contributed by atoms with Crippen LogP contribution in [0, 0.1) is 0 Å². The predicted molar refractivity (Wildman–Crippen MR) is 101 cm³/mol. The highest BCUT2D eigenvalue weighted by atomic mass is 32.1. The fourth-order valence-electron chi connectivity index (χ4n) is 3.12. The van der Waals surface area contributed by atoms with Gasteiger partial charge in [0.1, 0.15) is 11.6 Å². The van der Waals surface area contributed by atoms with Gasteiger partial charge in [0.2, 0.25) is 0 Å². The minimum absolute atomic E-state index is 0.0416. The average molecular weight is 366 g/mol. The molecule has 4 heterocycles. The number of rotatable bonds is 4. The van der Waals surface area contributed by atoms with Crippen LogP contribution in [0.3, 0.4) is 0 Å². The van der Waals surface area contributed by atoms with Crippen LogP contribution >= 0.6 is 11.3 Å². The molecule has 3 N–H and O–H groups in total. The molecule has 1 atom stereocenters. The number of nitrogens with zero attached hydrogens (tertiary/aromatic N) is 4. The molecule has 1 unspecified atom stereocenters. The zero-order valence-corrected chi connectivity index (χ0v) is 14.8. The van der Waals surface area contributed by atoms with E-state index in [1.54, 1.807) is 18.3 Å². The summed E-state index contributed by atoms with van der Waals surface area (Å²) >= 11 is 1.52. The number of carbonyl (C=O) groups excluding carboxylic acids is 1. The van der Waals surface area contributed by atoms with E-state index in [1.807, 2.05) is 28.5 Å². The van der Waals surface area contributed by atoms with Gasteiger partial charge in [0, 0.05) is 24.3 Å². The second kappa shape index (κ2) is 7.09. The summed E-state index contributed by atoms with van der Waals surface area (Å²) in [5, 5.41) is 5.90. The summed E-state index contributed by atoms with van der Waals surface area (Å²) in [4.78, 5) is 27.7. The first-order valence-corrected chi connectivity index (χ1v) is 9.24. The summed E-state index contributed by atoms with van der Waals surface area (Å²) in [5.41, 5.74) is 7.03. The van der Waals surface area contributed by atoms with Crippen LogP contribution in [0.4, 0.5) is 16.8 Å². The molecule has 0 saturated carbocycles. The molecule has 132 valence electrons. The van der Waals surface area contributed by atoms with Crippen molar-refractivity contribution in [3.63, 3.8) is 0 Å². The van der Waals surface area contributed by atoms with E-state index in [0.717, 1.165) is 29.5 Å². The monoisotopic (exact) mass is 366 g/mol. The first kappa shape index (κ1) is 16.5. The Hall–Kier alpha value is -3.00. The van der Waals surface area contributed by atoms with Crippen molar-refractivity contribution in [1.82, 2.24) is 19.9 Å². The lowest BCUT2D eigenvalue weighted by Gasteiger charge is -2.24. The Labute approximate surface area is 154 Å². The lowest BCUT2D eigenvalue weighted by atomic mass is 10.1. The molecule has 1 aliphatic heterocycles. The fourth-order valence-corrected chi connectivity index (χ4v) is 3.65. The minimum atomic E-state index is -0.0434. The summed E-state index contributed by atoms with van der Waals surface area (Å²) in [7, 11) is 0. The molecule has 3 aromatic heterocycles. The lowest BCUT2D eigenvalue weighted by molar-refractivity contribution is 0.0732. The van der Waals surface area contributed by atoms with E-state index >= 15 is 0 Å². The molecule has 0 spiro atoms. The smallest absolute Gasteiger partial charge is 0.255 e. The zero-order chi connectivity index (χ0) is 17.9. The summed E-state index contributed by atoms with van der Waals surface area (Å²) in [6, 6.07) is 9.13. The molecule has 1 aliphatic rings. The highest BCUT2D eigenvalue weighted by Crippen LogP contribution is 2.33. The van der Waals surface area contributed by atoms with E-state index in [-0.39, 0.29) is 11.9 Å².